The third kappa shape index (κ3) is 4.34. The summed E-state index contributed by atoms with van der Waals surface area (Å²) in [4.78, 5) is -1.13. The maximum Gasteiger partial charge on any atom is 0.0911 e. The first-order chi connectivity index (χ1) is 17.4. The summed E-state index contributed by atoms with van der Waals surface area (Å²) >= 11 is 15.0. The molecule has 0 N–H and O–H groups in total. The molecule has 0 amide bonds. The van der Waals surface area contributed by atoms with Crippen molar-refractivity contribution in [1.29, 1.82) is 0 Å². The quantitative estimate of drug-likeness (QED) is 0.145. The molecule has 0 nitrogen and oxygen atoms in total. The van der Waals surface area contributed by atoms with Gasteiger partial charge in [-0.25, -0.2) is 0 Å². The standard InChI is InChI=1S/C34H28Cl2.Hf/c1-23-21-29-27(25-11-5-3-6-12-25)15-9-17-31(29)33(23,35)19-20-34(36)24(2)22-30-28(16-10-18-32(30)34)26-13-7-4-8-14-26;/h3-18,21-22H,19-20H2,1-2H3;. The van der Waals surface area contributed by atoms with E-state index in [1.807, 2.05) is 0 Å². The monoisotopic (exact) mass is 686 g/mol. The number of benzene rings is 4. The molecule has 0 heterocycles. The minimum atomic E-state index is -0.567. The third-order valence-electron chi connectivity index (χ3n) is 8.02. The SMILES string of the molecule is CC1=Cc2c(-c3ccccc3)cccc2C1(Cl)CCC1(Cl)C(C)=Cc2c(-c3ccccc3)cccc21.[Hf]. The summed E-state index contributed by atoms with van der Waals surface area (Å²) in [6.07, 6.45) is 6.05. The van der Waals surface area contributed by atoms with Gasteiger partial charge in [0.1, 0.15) is 0 Å². The van der Waals surface area contributed by atoms with E-state index in [2.05, 4.69) is 123 Å². The Kier molecular flexibility index (Phi) is 7.26. The van der Waals surface area contributed by atoms with Gasteiger partial charge in [0.2, 0.25) is 0 Å². The van der Waals surface area contributed by atoms with Crippen molar-refractivity contribution in [3.8, 4) is 22.3 Å². The zero-order valence-corrected chi connectivity index (χ0v) is 26.2. The summed E-state index contributed by atoms with van der Waals surface area (Å²) < 4.78 is 0. The third-order valence-corrected chi connectivity index (χ3v) is 9.40. The average molecular weight is 686 g/mol. The predicted octanol–water partition coefficient (Wildman–Crippen LogP) is 10.2. The van der Waals surface area contributed by atoms with Crippen molar-refractivity contribution >= 4 is 35.4 Å². The fourth-order valence-electron chi connectivity index (χ4n) is 5.97. The molecule has 3 heteroatoms. The van der Waals surface area contributed by atoms with Crippen molar-refractivity contribution in [2.45, 2.75) is 36.4 Å². The van der Waals surface area contributed by atoms with E-state index in [4.69, 9.17) is 23.2 Å². The summed E-state index contributed by atoms with van der Waals surface area (Å²) in [6, 6.07) is 34.1. The Balaban J connectivity index is 0.00000280. The van der Waals surface area contributed by atoms with Crippen molar-refractivity contribution < 1.29 is 25.8 Å². The minimum Gasteiger partial charge on any atom is -0.109 e. The van der Waals surface area contributed by atoms with Crippen molar-refractivity contribution in [2.75, 3.05) is 0 Å². The largest absolute Gasteiger partial charge is 0.109 e. The van der Waals surface area contributed by atoms with Crippen LogP contribution in [-0.2, 0) is 35.6 Å². The number of hydrogen-bond donors (Lipinski definition) is 0. The predicted molar refractivity (Wildman–Crippen MR) is 155 cm³/mol. The molecule has 2 unspecified atom stereocenters. The minimum absolute atomic E-state index is 0. The van der Waals surface area contributed by atoms with Crippen molar-refractivity contribution in [3.63, 3.8) is 0 Å². The molecule has 0 bridgehead atoms. The van der Waals surface area contributed by atoms with Crippen LogP contribution in [0.5, 0.6) is 0 Å². The first-order valence-electron chi connectivity index (χ1n) is 12.5. The topological polar surface area (TPSA) is 0 Å². The van der Waals surface area contributed by atoms with Gasteiger partial charge in [-0.05, 0) is 82.3 Å². The average Bonchev–Trinajstić information content (AvgIpc) is 3.33. The van der Waals surface area contributed by atoms with Gasteiger partial charge >= 0.3 is 0 Å². The van der Waals surface area contributed by atoms with Crippen LogP contribution in [0.4, 0.5) is 0 Å². The van der Waals surface area contributed by atoms with E-state index >= 15 is 0 Å². The molecular weight excluding hydrogens is 658 g/mol. The number of fused-ring (bicyclic) bond motifs is 2. The first-order valence-corrected chi connectivity index (χ1v) is 13.3. The van der Waals surface area contributed by atoms with E-state index in [1.165, 1.54) is 55.7 Å². The van der Waals surface area contributed by atoms with E-state index < -0.39 is 9.75 Å². The van der Waals surface area contributed by atoms with Crippen LogP contribution >= 0.6 is 23.2 Å². The van der Waals surface area contributed by atoms with Crippen molar-refractivity contribution in [1.82, 2.24) is 0 Å². The maximum atomic E-state index is 7.51. The number of hydrogen-bond acceptors (Lipinski definition) is 0. The van der Waals surface area contributed by atoms with E-state index in [0.29, 0.717) is 0 Å². The van der Waals surface area contributed by atoms with Gasteiger partial charge in [-0.3, -0.25) is 0 Å². The summed E-state index contributed by atoms with van der Waals surface area (Å²) in [5.74, 6) is 0. The molecule has 37 heavy (non-hydrogen) atoms. The van der Waals surface area contributed by atoms with E-state index in [9.17, 15) is 0 Å². The molecule has 2 atom stereocenters. The second-order valence-corrected chi connectivity index (χ2v) is 11.3. The van der Waals surface area contributed by atoms with E-state index in [0.717, 1.165) is 12.8 Å². The van der Waals surface area contributed by atoms with E-state index in [1.54, 1.807) is 0 Å². The smallest absolute Gasteiger partial charge is 0.0911 e. The van der Waals surface area contributed by atoms with Crippen molar-refractivity contribution in [2.24, 2.45) is 0 Å². The molecule has 4 aromatic rings. The van der Waals surface area contributed by atoms with Gasteiger partial charge < -0.3 is 0 Å². The zero-order chi connectivity index (χ0) is 24.9. The molecule has 182 valence electrons. The van der Waals surface area contributed by atoms with E-state index in [-0.39, 0.29) is 25.8 Å². The zero-order valence-electron chi connectivity index (χ0n) is 21.1. The number of alkyl halides is 2. The van der Waals surface area contributed by atoms with Gasteiger partial charge in [0.25, 0.3) is 0 Å². The first kappa shape index (κ1) is 26.4. The second-order valence-electron chi connectivity index (χ2n) is 10.0. The Hall–Kier alpha value is -2.19. The summed E-state index contributed by atoms with van der Waals surface area (Å²) in [5, 5.41) is 0. The van der Waals surface area contributed by atoms with Gasteiger partial charge in [0, 0.05) is 25.8 Å². The Morgan fingerprint density at radius 2 is 0.892 bits per heavy atom. The molecule has 0 aliphatic heterocycles. The summed E-state index contributed by atoms with van der Waals surface area (Å²) in [7, 11) is 0. The molecular formula is C34H28Cl2Hf. The number of rotatable bonds is 5. The van der Waals surface area contributed by atoms with Crippen LogP contribution in [-0.4, -0.2) is 0 Å². The van der Waals surface area contributed by atoms with Gasteiger partial charge in [0.05, 0.1) is 9.75 Å². The maximum absolute atomic E-state index is 7.51. The van der Waals surface area contributed by atoms with Crippen LogP contribution < -0.4 is 0 Å². The molecule has 0 saturated carbocycles. The van der Waals surface area contributed by atoms with Crippen molar-refractivity contribution in [3.05, 3.63) is 130 Å². The number of allylic oxidation sites excluding steroid dienone is 2. The fourth-order valence-corrected chi connectivity index (χ4v) is 6.59. The second kappa shape index (κ2) is 10.2. The molecule has 6 rings (SSSR count). The van der Waals surface area contributed by atoms with Crippen LogP contribution in [0, 0.1) is 0 Å². The molecule has 2 aliphatic carbocycles. The molecule has 0 aromatic heterocycles. The number of halogens is 2. The summed E-state index contributed by atoms with van der Waals surface area (Å²) in [5.41, 5.74) is 12.1. The fraction of sp³-hybridized carbons (Fsp3) is 0.176. The molecule has 2 aliphatic rings. The van der Waals surface area contributed by atoms with Crippen LogP contribution in [0.25, 0.3) is 34.4 Å². The Bertz CT molecular complexity index is 1400. The van der Waals surface area contributed by atoms with Gasteiger partial charge in [-0.2, -0.15) is 0 Å². The van der Waals surface area contributed by atoms with Crippen LogP contribution in [0.2, 0.25) is 0 Å². The molecule has 4 aromatic carbocycles. The van der Waals surface area contributed by atoms with Gasteiger partial charge in [-0.1, -0.05) is 109 Å². The normalized spacial score (nSPS) is 21.5. The molecule has 0 saturated heterocycles. The molecule has 0 spiro atoms. The molecule has 0 radical (unpaired) electrons. The van der Waals surface area contributed by atoms with Crippen LogP contribution in [0.3, 0.4) is 0 Å². The Labute approximate surface area is 248 Å². The molecule has 0 fully saturated rings. The van der Waals surface area contributed by atoms with Gasteiger partial charge in [0.15, 0.2) is 0 Å². The van der Waals surface area contributed by atoms with Crippen LogP contribution in [0.15, 0.2) is 108 Å². The summed E-state index contributed by atoms with van der Waals surface area (Å²) in [6.45, 7) is 4.31. The Morgan fingerprint density at radius 3 is 1.27 bits per heavy atom. The van der Waals surface area contributed by atoms with Crippen LogP contribution in [0.1, 0.15) is 48.9 Å². The Morgan fingerprint density at radius 1 is 0.514 bits per heavy atom. The van der Waals surface area contributed by atoms with Gasteiger partial charge in [-0.15, -0.1) is 23.2 Å².